The van der Waals surface area contributed by atoms with Crippen molar-refractivity contribution in [3.05, 3.63) is 10.1 Å². The molecule has 0 bridgehead atoms. The summed E-state index contributed by atoms with van der Waals surface area (Å²) in [5.41, 5.74) is -3.24. The Morgan fingerprint density at radius 2 is 1.89 bits per heavy atom. The summed E-state index contributed by atoms with van der Waals surface area (Å²) in [5, 5.41) is 19.1. The largest absolute Gasteiger partial charge is 0.460 e. The van der Waals surface area contributed by atoms with Crippen LogP contribution in [0.3, 0.4) is 0 Å². The Morgan fingerprint density at radius 3 is 2.21 bits per heavy atom. The molecule has 0 saturated carbocycles. The number of hydrogen-bond donors (Lipinski definition) is 0. The molecule has 108 valence electrons. The second-order valence-corrected chi connectivity index (χ2v) is 4.23. The van der Waals surface area contributed by atoms with Gasteiger partial charge in [-0.25, -0.2) is 0 Å². The molecular weight excluding hydrogens is 267 g/mol. The number of nitro groups is 1. The van der Waals surface area contributed by atoms with Crippen LogP contribution in [0.2, 0.25) is 0 Å². The van der Waals surface area contributed by atoms with Gasteiger partial charge in [0.1, 0.15) is 0 Å². The molecule has 1 unspecified atom stereocenters. The average Bonchev–Trinajstić information content (AvgIpc) is 2.26. The Labute approximate surface area is 107 Å². The zero-order valence-corrected chi connectivity index (χ0v) is 10.5. The van der Waals surface area contributed by atoms with Gasteiger partial charge in [0.05, 0.1) is 6.07 Å². The molecule has 0 aliphatic carbocycles. The highest BCUT2D eigenvalue weighted by atomic mass is 19.4. The van der Waals surface area contributed by atoms with Crippen molar-refractivity contribution >= 4 is 5.91 Å². The molecule has 0 aliphatic rings. The standard InChI is InChI=1S/C10H14F3N3O3/c1-15(2)8(17)4-6-9(16(18)19,5-3-7-14)10(11,12)13/h3-6H2,1-2H3. The first-order valence-corrected chi connectivity index (χ1v) is 5.37. The van der Waals surface area contributed by atoms with E-state index in [2.05, 4.69) is 0 Å². The van der Waals surface area contributed by atoms with Gasteiger partial charge in [-0.3, -0.25) is 14.9 Å². The van der Waals surface area contributed by atoms with E-state index in [-0.39, 0.29) is 0 Å². The van der Waals surface area contributed by atoms with E-state index in [0.29, 0.717) is 0 Å². The van der Waals surface area contributed by atoms with E-state index in [0.717, 1.165) is 4.90 Å². The lowest BCUT2D eigenvalue weighted by molar-refractivity contribution is -0.615. The van der Waals surface area contributed by atoms with E-state index in [1.165, 1.54) is 20.2 Å². The van der Waals surface area contributed by atoms with Gasteiger partial charge in [-0.15, -0.1) is 0 Å². The fourth-order valence-corrected chi connectivity index (χ4v) is 1.49. The lowest BCUT2D eigenvalue weighted by Gasteiger charge is -2.27. The molecule has 0 aromatic rings. The molecule has 0 rings (SSSR count). The van der Waals surface area contributed by atoms with Crippen molar-refractivity contribution in [2.45, 2.75) is 37.4 Å². The highest BCUT2D eigenvalue weighted by Crippen LogP contribution is 2.40. The fourth-order valence-electron chi connectivity index (χ4n) is 1.49. The summed E-state index contributed by atoms with van der Waals surface area (Å²) < 4.78 is 38.8. The summed E-state index contributed by atoms with van der Waals surface area (Å²) in [6.45, 7) is 0. The summed E-state index contributed by atoms with van der Waals surface area (Å²) >= 11 is 0. The molecule has 6 nitrogen and oxygen atoms in total. The Bertz CT molecular complexity index is 390. The Morgan fingerprint density at radius 1 is 1.37 bits per heavy atom. The molecule has 0 aromatic carbocycles. The maximum absolute atomic E-state index is 12.9. The number of amides is 1. The monoisotopic (exact) mass is 281 g/mol. The van der Waals surface area contributed by atoms with Crippen LogP contribution >= 0.6 is 0 Å². The van der Waals surface area contributed by atoms with Crippen LogP contribution in [0.5, 0.6) is 0 Å². The van der Waals surface area contributed by atoms with Gasteiger partial charge in [-0.2, -0.15) is 18.4 Å². The third kappa shape index (κ3) is 4.08. The third-order valence-electron chi connectivity index (χ3n) is 2.78. The van der Waals surface area contributed by atoms with Gasteiger partial charge in [-0.1, -0.05) is 0 Å². The normalized spacial score (nSPS) is 14.3. The van der Waals surface area contributed by atoms with Gasteiger partial charge < -0.3 is 4.90 Å². The van der Waals surface area contributed by atoms with Crippen LogP contribution in [0, 0.1) is 21.4 Å². The first-order valence-electron chi connectivity index (χ1n) is 5.37. The van der Waals surface area contributed by atoms with E-state index in [1.807, 2.05) is 0 Å². The van der Waals surface area contributed by atoms with Crippen LogP contribution < -0.4 is 0 Å². The Hall–Kier alpha value is -1.85. The molecule has 0 N–H and O–H groups in total. The number of nitrogens with zero attached hydrogens (tertiary/aromatic N) is 3. The van der Waals surface area contributed by atoms with Crippen molar-refractivity contribution in [2.24, 2.45) is 0 Å². The number of hydrogen-bond acceptors (Lipinski definition) is 4. The second kappa shape index (κ2) is 6.36. The summed E-state index contributed by atoms with van der Waals surface area (Å²) in [7, 11) is 2.69. The maximum atomic E-state index is 12.9. The summed E-state index contributed by atoms with van der Waals surface area (Å²) in [6, 6.07) is 1.46. The van der Waals surface area contributed by atoms with Crippen molar-refractivity contribution < 1.29 is 22.9 Å². The van der Waals surface area contributed by atoms with Gasteiger partial charge in [0, 0.05) is 44.7 Å². The quantitative estimate of drug-likeness (QED) is 0.548. The van der Waals surface area contributed by atoms with Crippen LogP contribution in [-0.4, -0.2) is 41.5 Å². The number of halogens is 3. The van der Waals surface area contributed by atoms with Crippen molar-refractivity contribution in [3.63, 3.8) is 0 Å². The zero-order valence-electron chi connectivity index (χ0n) is 10.5. The van der Waals surface area contributed by atoms with Gasteiger partial charge in [0.2, 0.25) is 5.91 Å². The van der Waals surface area contributed by atoms with Crippen molar-refractivity contribution in [1.82, 2.24) is 4.90 Å². The SMILES string of the molecule is CN(C)C(=O)CCC(CCC#N)([N+](=O)[O-])C(F)(F)F. The fraction of sp³-hybridized carbons (Fsp3) is 0.800. The number of carbonyl (C=O) groups is 1. The van der Waals surface area contributed by atoms with Gasteiger partial charge >= 0.3 is 11.7 Å². The number of nitriles is 1. The zero-order chi connectivity index (χ0) is 15.3. The Kier molecular flexibility index (Phi) is 5.74. The smallest absolute Gasteiger partial charge is 0.349 e. The molecule has 0 aromatic heterocycles. The molecule has 0 aliphatic heterocycles. The molecule has 0 saturated heterocycles. The molecular formula is C10H14F3N3O3. The third-order valence-corrected chi connectivity index (χ3v) is 2.78. The van der Waals surface area contributed by atoms with Crippen LogP contribution in [-0.2, 0) is 4.79 Å². The van der Waals surface area contributed by atoms with Gasteiger partial charge in [-0.05, 0) is 0 Å². The minimum Gasteiger partial charge on any atom is -0.349 e. The number of rotatable bonds is 6. The molecule has 0 spiro atoms. The maximum Gasteiger partial charge on any atom is 0.460 e. The lowest BCUT2D eigenvalue weighted by Crippen LogP contribution is -2.52. The van der Waals surface area contributed by atoms with Crippen LogP contribution in [0.4, 0.5) is 13.2 Å². The van der Waals surface area contributed by atoms with Crippen LogP contribution in [0.15, 0.2) is 0 Å². The molecule has 9 heteroatoms. The predicted molar refractivity (Wildman–Crippen MR) is 58.6 cm³/mol. The first-order chi connectivity index (χ1) is 8.58. The van der Waals surface area contributed by atoms with E-state index in [9.17, 15) is 28.1 Å². The van der Waals surface area contributed by atoms with E-state index in [1.54, 1.807) is 0 Å². The Balaban J connectivity index is 5.20. The highest BCUT2D eigenvalue weighted by molar-refractivity contribution is 5.75. The van der Waals surface area contributed by atoms with Gasteiger partial charge in [0.15, 0.2) is 0 Å². The average molecular weight is 281 g/mol. The van der Waals surface area contributed by atoms with E-state index < -0.39 is 48.2 Å². The molecule has 1 atom stereocenters. The molecule has 0 radical (unpaired) electrons. The topological polar surface area (TPSA) is 87.2 Å². The van der Waals surface area contributed by atoms with Crippen molar-refractivity contribution in [3.8, 4) is 6.07 Å². The number of alkyl halides is 3. The molecule has 0 heterocycles. The molecule has 19 heavy (non-hydrogen) atoms. The molecule has 1 amide bonds. The van der Waals surface area contributed by atoms with Gasteiger partial charge in [0.25, 0.3) is 0 Å². The van der Waals surface area contributed by atoms with Crippen molar-refractivity contribution in [1.29, 1.82) is 5.26 Å². The summed E-state index contributed by atoms with van der Waals surface area (Å²) in [4.78, 5) is 21.7. The highest BCUT2D eigenvalue weighted by Gasteiger charge is 2.64. The predicted octanol–water partition coefficient (Wildman–Crippen LogP) is 1.74. The lowest BCUT2D eigenvalue weighted by atomic mass is 9.88. The van der Waals surface area contributed by atoms with Crippen LogP contribution in [0.1, 0.15) is 25.7 Å². The first kappa shape index (κ1) is 17.2. The number of carbonyl (C=O) groups excluding carboxylic acids is 1. The summed E-state index contributed by atoms with van der Waals surface area (Å²) in [6.07, 6.45) is -8.24. The van der Waals surface area contributed by atoms with E-state index in [4.69, 9.17) is 5.26 Å². The second-order valence-electron chi connectivity index (χ2n) is 4.23. The minimum absolute atomic E-state index is 0.598. The van der Waals surface area contributed by atoms with Crippen molar-refractivity contribution in [2.75, 3.05) is 14.1 Å². The summed E-state index contributed by atoms with van der Waals surface area (Å²) in [5.74, 6) is -0.632. The molecule has 0 fully saturated rings. The van der Waals surface area contributed by atoms with Crippen LogP contribution in [0.25, 0.3) is 0 Å². The van der Waals surface area contributed by atoms with E-state index >= 15 is 0 Å². The minimum atomic E-state index is -5.11.